The molecule has 2 amide bonds. The molecule has 240 valence electrons. The van der Waals surface area contributed by atoms with E-state index in [4.69, 9.17) is 14.2 Å². The Morgan fingerprint density at radius 2 is 1.78 bits per heavy atom. The van der Waals surface area contributed by atoms with Gasteiger partial charge in [0.1, 0.15) is 23.2 Å². The summed E-state index contributed by atoms with van der Waals surface area (Å²) in [6.45, 7) is 5.73. The van der Waals surface area contributed by atoms with E-state index in [9.17, 15) is 23.2 Å². The van der Waals surface area contributed by atoms with Crippen LogP contribution in [0.4, 0.5) is 25.0 Å². The third kappa shape index (κ3) is 6.57. The van der Waals surface area contributed by atoms with Gasteiger partial charge in [-0.3, -0.25) is 19.1 Å². The monoisotopic (exact) mass is 626 g/mol. The summed E-state index contributed by atoms with van der Waals surface area (Å²) >= 11 is 0. The number of rotatable bonds is 8. The van der Waals surface area contributed by atoms with Gasteiger partial charge in [0.15, 0.2) is 0 Å². The summed E-state index contributed by atoms with van der Waals surface area (Å²) in [7, 11) is 0. The van der Waals surface area contributed by atoms with E-state index in [1.807, 2.05) is 6.07 Å². The maximum absolute atomic E-state index is 13.5. The van der Waals surface area contributed by atoms with Gasteiger partial charge < -0.3 is 29.7 Å². The number of hydrogen-bond acceptors (Lipinski definition) is 9. The number of hydrogen-bond donors (Lipinski definition) is 2. The van der Waals surface area contributed by atoms with Gasteiger partial charge in [-0.1, -0.05) is 0 Å². The highest BCUT2D eigenvalue weighted by Crippen LogP contribution is 2.44. The molecule has 2 N–H and O–H groups in total. The maximum atomic E-state index is 13.5. The average molecular weight is 627 g/mol. The Labute approximate surface area is 258 Å². The molecule has 12 nitrogen and oxygen atoms in total. The van der Waals surface area contributed by atoms with Crippen LogP contribution in [0.3, 0.4) is 0 Å². The van der Waals surface area contributed by atoms with Crippen LogP contribution in [0, 0.1) is 0 Å². The largest absolute Gasteiger partial charge is 0.444 e. The molecule has 14 heteroatoms. The number of aromatic nitrogens is 2. The van der Waals surface area contributed by atoms with Crippen molar-refractivity contribution in [1.29, 1.82) is 0 Å². The van der Waals surface area contributed by atoms with E-state index in [0.29, 0.717) is 68.8 Å². The number of fused-ring (bicyclic) bond motifs is 1. The van der Waals surface area contributed by atoms with Crippen molar-refractivity contribution in [3.63, 3.8) is 0 Å². The van der Waals surface area contributed by atoms with Crippen LogP contribution >= 0.6 is 0 Å². The predicted octanol–water partition coefficient (Wildman–Crippen LogP) is 3.50. The minimum absolute atomic E-state index is 0.0343. The first-order chi connectivity index (χ1) is 21.4. The van der Waals surface area contributed by atoms with Crippen molar-refractivity contribution in [2.45, 2.75) is 57.4 Å². The van der Waals surface area contributed by atoms with Crippen molar-refractivity contribution >= 4 is 34.3 Å². The van der Waals surface area contributed by atoms with E-state index in [2.05, 4.69) is 25.4 Å². The number of halogens is 2. The average Bonchev–Trinajstić information content (AvgIpc) is 3.78. The second-order valence-corrected chi connectivity index (χ2v) is 12.5. The minimum atomic E-state index is -3.10. The molecule has 2 aliphatic heterocycles. The highest BCUT2D eigenvalue weighted by molar-refractivity contribution is 6.01. The third-order valence-corrected chi connectivity index (χ3v) is 8.18. The molecule has 1 aliphatic carbocycles. The molecule has 3 fully saturated rings. The van der Waals surface area contributed by atoms with Crippen molar-refractivity contribution in [3.8, 4) is 11.4 Å². The van der Waals surface area contributed by atoms with Crippen LogP contribution in [-0.4, -0.2) is 89.6 Å². The van der Waals surface area contributed by atoms with Crippen molar-refractivity contribution in [2.24, 2.45) is 0 Å². The van der Waals surface area contributed by atoms with E-state index < -0.39 is 23.8 Å². The van der Waals surface area contributed by atoms with E-state index in [1.165, 1.54) is 29.1 Å². The van der Waals surface area contributed by atoms with Gasteiger partial charge in [-0.15, -0.1) is 0 Å². The number of amides is 2. The Morgan fingerprint density at radius 3 is 2.44 bits per heavy atom. The van der Waals surface area contributed by atoms with Crippen molar-refractivity contribution in [1.82, 2.24) is 19.8 Å². The van der Waals surface area contributed by atoms with Crippen LogP contribution in [0.15, 0.2) is 47.5 Å². The highest BCUT2D eigenvalue weighted by Gasteiger charge is 2.54. The van der Waals surface area contributed by atoms with Crippen LogP contribution in [0.25, 0.3) is 16.6 Å². The quantitative estimate of drug-likeness (QED) is 0.386. The number of benzene rings is 2. The number of morpholine rings is 1. The molecular formula is C31H36F2N6O6. The fourth-order valence-electron chi connectivity index (χ4n) is 5.74. The number of nitrogens with one attached hydrogen (secondary N) is 2. The minimum Gasteiger partial charge on any atom is -0.444 e. The summed E-state index contributed by atoms with van der Waals surface area (Å²) in [5.74, 6) is -0.521. The predicted molar refractivity (Wildman–Crippen MR) is 162 cm³/mol. The molecule has 0 atom stereocenters. The van der Waals surface area contributed by atoms with Crippen LogP contribution < -0.4 is 25.8 Å². The van der Waals surface area contributed by atoms with Gasteiger partial charge in [-0.05, 0) is 70.0 Å². The van der Waals surface area contributed by atoms with Gasteiger partial charge in [-0.2, -0.15) is 8.78 Å². The van der Waals surface area contributed by atoms with Gasteiger partial charge in [0.2, 0.25) is 5.91 Å². The summed E-state index contributed by atoms with van der Waals surface area (Å²) in [6.07, 6.45) is 2.20. The first-order valence-electron chi connectivity index (χ1n) is 14.9. The number of ether oxygens (including phenoxy) is 3. The number of alkyl carbamates (subject to hydrolysis) is 1. The number of anilines is 2. The zero-order chi connectivity index (χ0) is 31.9. The SMILES string of the molecule is CC(C)(C)OC(=O)NC1CN(c2ccc3c(=O)n(-c4ccc(OC(F)F)c(NC(=O)C5(N6CCOCC6)CC5)c4)cnc3c2)C1. The number of alkyl halides is 2. The molecule has 2 saturated heterocycles. The molecule has 6 rings (SSSR count). The Morgan fingerprint density at radius 1 is 1.07 bits per heavy atom. The van der Waals surface area contributed by atoms with E-state index in [-0.39, 0.29) is 28.9 Å². The zero-order valence-electron chi connectivity index (χ0n) is 25.3. The third-order valence-electron chi connectivity index (χ3n) is 8.18. The molecule has 45 heavy (non-hydrogen) atoms. The highest BCUT2D eigenvalue weighted by atomic mass is 19.3. The molecule has 2 aromatic carbocycles. The summed E-state index contributed by atoms with van der Waals surface area (Å²) in [5.41, 5.74) is 0.0171. The van der Waals surface area contributed by atoms with Crippen molar-refractivity contribution < 1.29 is 32.6 Å². The Hall–Kier alpha value is -4.30. The first-order valence-corrected chi connectivity index (χ1v) is 14.9. The van der Waals surface area contributed by atoms with E-state index in [1.54, 1.807) is 32.9 Å². The number of carbonyl (C=O) groups is 2. The summed E-state index contributed by atoms with van der Waals surface area (Å²) in [5, 5.41) is 5.99. The lowest BCUT2D eigenvalue weighted by atomic mass is 10.1. The van der Waals surface area contributed by atoms with Gasteiger partial charge >= 0.3 is 12.7 Å². The van der Waals surface area contributed by atoms with Crippen molar-refractivity contribution in [2.75, 3.05) is 49.6 Å². The summed E-state index contributed by atoms with van der Waals surface area (Å²) in [4.78, 5) is 47.6. The molecule has 1 aromatic heterocycles. The molecule has 0 radical (unpaired) electrons. The second kappa shape index (κ2) is 11.9. The number of carbonyl (C=O) groups excluding carboxylic acids is 2. The van der Waals surface area contributed by atoms with Gasteiger partial charge in [0, 0.05) is 31.9 Å². The van der Waals surface area contributed by atoms with Gasteiger partial charge in [-0.25, -0.2) is 9.78 Å². The molecule has 0 unspecified atom stereocenters. The Balaban J connectivity index is 1.20. The smallest absolute Gasteiger partial charge is 0.407 e. The molecule has 3 aliphatic rings. The van der Waals surface area contributed by atoms with Crippen LogP contribution in [-0.2, 0) is 14.3 Å². The lowest BCUT2D eigenvalue weighted by Crippen LogP contribution is -2.60. The first kappa shape index (κ1) is 30.7. The maximum Gasteiger partial charge on any atom is 0.407 e. The lowest BCUT2D eigenvalue weighted by molar-refractivity contribution is -0.124. The fourth-order valence-corrected chi connectivity index (χ4v) is 5.74. The van der Waals surface area contributed by atoms with E-state index in [0.717, 1.165) is 5.69 Å². The summed E-state index contributed by atoms with van der Waals surface area (Å²) in [6, 6.07) is 9.43. The Kier molecular flexibility index (Phi) is 8.12. The molecular weight excluding hydrogens is 590 g/mol. The molecule has 0 spiro atoms. The van der Waals surface area contributed by atoms with Gasteiger partial charge in [0.25, 0.3) is 5.56 Å². The van der Waals surface area contributed by atoms with Gasteiger partial charge in [0.05, 0.1) is 41.5 Å². The molecule has 3 aromatic rings. The molecule has 1 saturated carbocycles. The van der Waals surface area contributed by atoms with Crippen LogP contribution in [0.1, 0.15) is 33.6 Å². The standard InChI is InChI=1S/C31H36F2N6O6/c1-30(2,3)45-29(42)35-19-16-37(17-19)20-4-6-22-23(14-20)34-18-39(26(22)40)21-5-7-25(44-28(32)33)24(15-21)36-27(41)31(8-9-31)38-10-12-43-13-11-38/h4-7,14-15,18-19,28H,8-13,16-17H2,1-3H3,(H,35,42)(H,36,41). The van der Waals surface area contributed by atoms with E-state index >= 15 is 0 Å². The topological polar surface area (TPSA) is 127 Å². The molecule has 3 heterocycles. The summed E-state index contributed by atoms with van der Waals surface area (Å²) < 4.78 is 43.2. The molecule has 0 bridgehead atoms. The van der Waals surface area contributed by atoms with Crippen LogP contribution in [0.5, 0.6) is 5.75 Å². The van der Waals surface area contributed by atoms with Crippen molar-refractivity contribution in [3.05, 3.63) is 53.1 Å². The normalized spacial score (nSPS) is 18.4. The lowest BCUT2D eigenvalue weighted by Gasteiger charge is -2.41. The Bertz CT molecular complexity index is 1660. The van der Waals surface area contributed by atoms with Crippen LogP contribution in [0.2, 0.25) is 0 Å². The zero-order valence-corrected chi connectivity index (χ0v) is 25.3. The fraction of sp³-hybridized carbons (Fsp3) is 0.484. The second-order valence-electron chi connectivity index (χ2n) is 12.5. The number of nitrogens with zero attached hydrogens (tertiary/aromatic N) is 4.